The zero-order valence-electron chi connectivity index (χ0n) is 17.6. The smallest absolute Gasteiger partial charge is 0.247 e. The number of nitrogens with zero attached hydrogens (tertiary/aromatic N) is 2. The number of thiazole rings is 1. The van der Waals surface area contributed by atoms with Crippen molar-refractivity contribution in [3.8, 4) is 0 Å². The summed E-state index contributed by atoms with van der Waals surface area (Å²) in [6.45, 7) is 0.716. The van der Waals surface area contributed by atoms with Crippen molar-refractivity contribution in [2.45, 2.75) is 49.1 Å². The molecular weight excluding hydrogens is 442 g/mol. The Morgan fingerprint density at radius 3 is 2.59 bits per heavy atom. The Morgan fingerprint density at radius 1 is 1.06 bits per heavy atom. The van der Waals surface area contributed by atoms with Crippen molar-refractivity contribution in [2.24, 2.45) is 0 Å². The Hall–Kier alpha value is -2.55. The summed E-state index contributed by atoms with van der Waals surface area (Å²) in [5.74, 6) is -0.0407. The maximum absolute atomic E-state index is 13.0. The number of carbonyl (C=O) groups is 1. The van der Waals surface area contributed by atoms with E-state index in [1.54, 1.807) is 47.8 Å². The molecule has 1 N–H and O–H groups in total. The first-order valence-electron chi connectivity index (χ1n) is 11.0. The Morgan fingerprint density at radius 2 is 1.84 bits per heavy atom. The molecule has 3 aromatic rings. The molecule has 2 aliphatic rings. The van der Waals surface area contributed by atoms with Crippen LogP contribution in [0.2, 0.25) is 0 Å². The highest BCUT2D eigenvalue weighted by molar-refractivity contribution is 7.89. The van der Waals surface area contributed by atoms with Crippen LogP contribution in [0.15, 0.2) is 59.5 Å². The summed E-state index contributed by atoms with van der Waals surface area (Å²) in [5.41, 5.74) is 1.77. The number of hydrogen-bond donors (Lipinski definition) is 1. The van der Waals surface area contributed by atoms with Gasteiger partial charge in [0.25, 0.3) is 0 Å². The molecule has 1 aromatic heterocycles. The van der Waals surface area contributed by atoms with Gasteiger partial charge in [0, 0.05) is 18.7 Å². The molecule has 1 saturated carbocycles. The lowest BCUT2D eigenvalue weighted by atomic mass is 10.0. The van der Waals surface area contributed by atoms with Crippen molar-refractivity contribution in [1.29, 1.82) is 0 Å². The first-order chi connectivity index (χ1) is 15.5. The van der Waals surface area contributed by atoms with Gasteiger partial charge in [0.05, 0.1) is 21.2 Å². The van der Waals surface area contributed by atoms with Gasteiger partial charge in [-0.2, -0.15) is 0 Å². The summed E-state index contributed by atoms with van der Waals surface area (Å²) >= 11 is 1.66. The largest absolute Gasteiger partial charge is 0.330 e. The van der Waals surface area contributed by atoms with Crippen molar-refractivity contribution in [3.05, 3.63) is 65.2 Å². The number of benzene rings is 2. The van der Waals surface area contributed by atoms with Crippen molar-refractivity contribution in [2.75, 3.05) is 6.54 Å². The summed E-state index contributed by atoms with van der Waals surface area (Å²) in [4.78, 5) is 20.0. The van der Waals surface area contributed by atoms with E-state index in [0.717, 1.165) is 52.9 Å². The van der Waals surface area contributed by atoms with E-state index in [-0.39, 0.29) is 22.9 Å². The summed E-state index contributed by atoms with van der Waals surface area (Å²) in [5, 5.41) is 0.991. The van der Waals surface area contributed by atoms with Gasteiger partial charge in [-0.3, -0.25) is 4.79 Å². The van der Waals surface area contributed by atoms with Crippen LogP contribution in [-0.4, -0.2) is 36.8 Å². The highest BCUT2D eigenvalue weighted by atomic mass is 32.2. The van der Waals surface area contributed by atoms with Gasteiger partial charge in [-0.1, -0.05) is 24.3 Å². The van der Waals surface area contributed by atoms with E-state index in [9.17, 15) is 13.2 Å². The molecule has 1 atom stereocenters. The fourth-order valence-corrected chi connectivity index (χ4v) is 6.41. The Labute approximate surface area is 192 Å². The minimum Gasteiger partial charge on any atom is -0.330 e. The maximum Gasteiger partial charge on any atom is 0.247 e. The summed E-state index contributed by atoms with van der Waals surface area (Å²) in [7, 11) is -3.47. The van der Waals surface area contributed by atoms with Crippen LogP contribution in [-0.2, 0) is 14.8 Å². The van der Waals surface area contributed by atoms with Gasteiger partial charge in [-0.15, -0.1) is 11.3 Å². The van der Waals surface area contributed by atoms with Gasteiger partial charge in [-0.25, -0.2) is 18.1 Å². The number of likely N-dealkylation sites (tertiary alicyclic amines) is 1. The minimum absolute atomic E-state index is 0.000632. The summed E-state index contributed by atoms with van der Waals surface area (Å²) in [6, 6.07) is 14.8. The van der Waals surface area contributed by atoms with E-state index in [1.807, 2.05) is 23.1 Å². The number of fused-ring (bicyclic) bond motifs is 1. The van der Waals surface area contributed by atoms with Crippen LogP contribution in [0.4, 0.5) is 0 Å². The second-order valence-corrected chi connectivity index (χ2v) is 11.1. The molecule has 1 aliphatic heterocycles. The molecule has 2 fully saturated rings. The number of aromatic nitrogens is 1. The Kier molecular flexibility index (Phi) is 5.84. The summed E-state index contributed by atoms with van der Waals surface area (Å²) in [6.07, 6.45) is 8.11. The van der Waals surface area contributed by atoms with Gasteiger partial charge in [-0.05, 0) is 68.0 Å². The fourth-order valence-electron chi connectivity index (χ4n) is 3.99. The van der Waals surface area contributed by atoms with Crippen LogP contribution < -0.4 is 4.72 Å². The first kappa shape index (κ1) is 21.3. The van der Waals surface area contributed by atoms with E-state index >= 15 is 0 Å². The van der Waals surface area contributed by atoms with Crippen molar-refractivity contribution in [3.63, 3.8) is 0 Å². The number of sulfonamides is 1. The van der Waals surface area contributed by atoms with Crippen LogP contribution in [0.1, 0.15) is 48.7 Å². The molecule has 8 heteroatoms. The van der Waals surface area contributed by atoms with Gasteiger partial charge in [0.1, 0.15) is 5.01 Å². The third-order valence-electron chi connectivity index (χ3n) is 5.89. The maximum atomic E-state index is 13.0. The molecule has 166 valence electrons. The number of amides is 1. The molecule has 2 heterocycles. The Balaban J connectivity index is 1.30. The number of para-hydroxylation sites is 1. The van der Waals surface area contributed by atoms with Gasteiger partial charge in [0.2, 0.25) is 15.9 Å². The van der Waals surface area contributed by atoms with Crippen LogP contribution in [0.25, 0.3) is 16.3 Å². The normalized spacial score (nSPS) is 19.6. The molecular formula is C24H25N3O3S2. The average molecular weight is 468 g/mol. The van der Waals surface area contributed by atoms with Crippen LogP contribution in [0.5, 0.6) is 0 Å². The van der Waals surface area contributed by atoms with E-state index in [1.165, 1.54) is 0 Å². The second kappa shape index (κ2) is 8.77. The van der Waals surface area contributed by atoms with E-state index in [2.05, 4.69) is 10.8 Å². The number of piperidine rings is 1. The lowest BCUT2D eigenvalue weighted by molar-refractivity contribution is -0.129. The van der Waals surface area contributed by atoms with Gasteiger partial charge in [0.15, 0.2) is 0 Å². The lowest BCUT2D eigenvalue weighted by Gasteiger charge is -2.33. The highest BCUT2D eigenvalue weighted by Gasteiger charge is 2.29. The molecule has 0 radical (unpaired) electrons. The van der Waals surface area contributed by atoms with Crippen LogP contribution >= 0.6 is 11.3 Å². The SMILES string of the molecule is O=C(/C=C/c1ccc(S(=O)(=O)NC2CC2)cc1)N1CCCCC1c1nc2ccccc2s1. The van der Waals surface area contributed by atoms with E-state index < -0.39 is 10.0 Å². The van der Waals surface area contributed by atoms with Crippen molar-refractivity contribution < 1.29 is 13.2 Å². The standard InChI is InChI=1S/C24H25N3O3S2/c28-23(15-10-17-8-13-19(14-9-17)32(29,30)26-18-11-12-18)27-16-4-3-6-21(27)24-25-20-5-1-2-7-22(20)31-24/h1-2,5,7-10,13-15,18,21,26H,3-4,6,11-12,16H2/b15-10+. The Bertz CT molecular complexity index is 1230. The predicted molar refractivity (Wildman–Crippen MR) is 127 cm³/mol. The third-order valence-corrected chi connectivity index (χ3v) is 8.56. The molecule has 1 aliphatic carbocycles. The van der Waals surface area contributed by atoms with Gasteiger partial charge < -0.3 is 4.90 Å². The van der Waals surface area contributed by atoms with Gasteiger partial charge >= 0.3 is 0 Å². The second-order valence-electron chi connectivity index (χ2n) is 8.36. The van der Waals surface area contributed by atoms with Crippen molar-refractivity contribution >= 4 is 43.6 Å². The molecule has 5 rings (SSSR count). The topological polar surface area (TPSA) is 79.4 Å². The summed E-state index contributed by atoms with van der Waals surface area (Å²) < 4.78 is 28.4. The molecule has 1 saturated heterocycles. The monoisotopic (exact) mass is 467 g/mol. The van der Waals surface area contributed by atoms with E-state index in [0.29, 0.717) is 6.54 Å². The quantitative estimate of drug-likeness (QED) is 0.541. The molecule has 1 amide bonds. The van der Waals surface area contributed by atoms with Crippen LogP contribution in [0, 0.1) is 0 Å². The van der Waals surface area contributed by atoms with Crippen LogP contribution in [0.3, 0.4) is 0 Å². The number of nitrogens with one attached hydrogen (secondary N) is 1. The zero-order valence-corrected chi connectivity index (χ0v) is 19.2. The number of hydrogen-bond acceptors (Lipinski definition) is 5. The fraction of sp³-hybridized carbons (Fsp3) is 0.333. The lowest BCUT2D eigenvalue weighted by Crippen LogP contribution is -2.37. The van der Waals surface area contributed by atoms with E-state index in [4.69, 9.17) is 4.98 Å². The molecule has 2 aromatic carbocycles. The highest BCUT2D eigenvalue weighted by Crippen LogP contribution is 2.35. The minimum atomic E-state index is -3.47. The molecule has 32 heavy (non-hydrogen) atoms. The third kappa shape index (κ3) is 4.62. The molecule has 0 bridgehead atoms. The average Bonchev–Trinajstić information content (AvgIpc) is 3.50. The number of carbonyl (C=O) groups excluding carboxylic acids is 1. The molecule has 1 unspecified atom stereocenters. The first-order valence-corrected chi connectivity index (χ1v) is 13.3. The molecule has 6 nitrogen and oxygen atoms in total. The molecule has 0 spiro atoms. The predicted octanol–water partition coefficient (Wildman–Crippen LogP) is 4.50. The van der Waals surface area contributed by atoms with Crippen molar-refractivity contribution in [1.82, 2.24) is 14.6 Å². The number of rotatable bonds is 6. The zero-order chi connectivity index (χ0) is 22.1.